The molecule has 1 heterocycles. The van der Waals surface area contributed by atoms with Crippen LogP contribution in [0.5, 0.6) is 0 Å². The summed E-state index contributed by atoms with van der Waals surface area (Å²) in [5, 5.41) is 10.9. The van der Waals surface area contributed by atoms with E-state index in [4.69, 9.17) is 14.2 Å². The molecule has 25 heavy (non-hydrogen) atoms. The fourth-order valence-electron chi connectivity index (χ4n) is 1.77. The highest BCUT2D eigenvalue weighted by Crippen LogP contribution is 2.18. The molecule has 0 spiro atoms. The molecule has 8 nitrogen and oxygen atoms in total. The van der Waals surface area contributed by atoms with Gasteiger partial charge in [0, 0.05) is 18.2 Å². The summed E-state index contributed by atoms with van der Waals surface area (Å²) in [6.45, 7) is 14.8. The minimum absolute atomic E-state index is 0.000285. The number of nitrogens with zero attached hydrogens (tertiary/aromatic N) is 3. The van der Waals surface area contributed by atoms with Crippen molar-refractivity contribution in [1.82, 2.24) is 20.3 Å². The fourth-order valence-corrected chi connectivity index (χ4v) is 1.77. The van der Waals surface area contributed by atoms with Crippen LogP contribution in [0.2, 0.25) is 0 Å². The van der Waals surface area contributed by atoms with E-state index in [2.05, 4.69) is 36.4 Å². The van der Waals surface area contributed by atoms with E-state index >= 15 is 0 Å². The summed E-state index contributed by atoms with van der Waals surface area (Å²) in [4.78, 5) is 11.4. The van der Waals surface area contributed by atoms with Gasteiger partial charge in [0.05, 0.1) is 38.7 Å². The first-order valence-corrected chi connectivity index (χ1v) is 8.61. The summed E-state index contributed by atoms with van der Waals surface area (Å²) < 4.78 is 17.8. The van der Waals surface area contributed by atoms with Gasteiger partial charge >= 0.3 is 6.09 Å². The predicted octanol–water partition coefficient (Wildman–Crippen LogP) is 2.13. The molecule has 1 aromatic rings. The zero-order chi connectivity index (χ0) is 18.9. The number of alkyl carbamates (subject to hydrolysis) is 1. The lowest BCUT2D eigenvalue weighted by Gasteiger charge is -2.19. The van der Waals surface area contributed by atoms with Crippen LogP contribution < -0.4 is 5.32 Å². The number of ether oxygens (including phenoxy) is 3. The molecule has 0 fully saturated rings. The Bertz CT molecular complexity index is 517. The van der Waals surface area contributed by atoms with Crippen molar-refractivity contribution >= 4 is 6.09 Å². The van der Waals surface area contributed by atoms with Crippen molar-refractivity contribution < 1.29 is 19.0 Å². The van der Waals surface area contributed by atoms with Crippen molar-refractivity contribution in [2.24, 2.45) is 0 Å². The van der Waals surface area contributed by atoms with Crippen molar-refractivity contribution in [1.29, 1.82) is 0 Å². The molecule has 144 valence electrons. The molecule has 0 aliphatic heterocycles. The summed E-state index contributed by atoms with van der Waals surface area (Å²) in [7, 11) is 0. The average molecular weight is 356 g/mol. The maximum atomic E-state index is 11.4. The topological polar surface area (TPSA) is 87.5 Å². The molecule has 0 atom stereocenters. The average Bonchev–Trinajstić information content (AvgIpc) is 2.92. The second-order valence-electron chi connectivity index (χ2n) is 7.77. The molecule has 0 aliphatic carbocycles. The lowest BCUT2D eigenvalue weighted by molar-refractivity contribution is 0.0377. The molecule has 1 aromatic heterocycles. The van der Waals surface area contributed by atoms with E-state index in [1.54, 1.807) is 4.68 Å². The van der Waals surface area contributed by atoms with Gasteiger partial charge in [-0.05, 0) is 20.8 Å². The summed E-state index contributed by atoms with van der Waals surface area (Å²) >= 11 is 0. The van der Waals surface area contributed by atoms with E-state index in [1.807, 2.05) is 27.0 Å². The largest absolute Gasteiger partial charge is 0.444 e. The third-order valence-corrected chi connectivity index (χ3v) is 3.06. The Kier molecular flexibility index (Phi) is 8.31. The highest BCUT2D eigenvalue weighted by Gasteiger charge is 2.17. The number of amides is 1. The van der Waals surface area contributed by atoms with Crippen LogP contribution in [0.25, 0.3) is 0 Å². The Balaban J connectivity index is 1.99. The Morgan fingerprint density at radius 1 is 1.08 bits per heavy atom. The number of hydrogen-bond donors (Lipinski definition) is 1. The Labute approximate surface area is 150 Å². The smallest absolute Gasteiger partial charge is 0.407 e. The molecular formula is C17H32N4O4. The van der Waals surface area contributed by atoms with Gasteiger partial charge in [-0.25, -0.2) is 9.48 Å². The summed E-state index contributed by atoms with van der Waals surface area (Å²) in [5.74, 6) is 0. The molecule has 0 bridgehead atoms. The second kappa shape index (κ2) is 9.72. The van der Waals surface area contributed by atoms with Crippen LogP contribution in [0.3, 0.4) is 0 Å². The van der Waals surface area contributed by atoms with Gasteiger partial charge in [-0.1, -0.05) is 26.0 Å². The molecule has 0 aromatic carbocycles. The maximum Gasteiger partial charge on any atom is 0.407 e. The van der Waals surface area contributed by atoms with E-state index in [0.29, 0.717) is 39.5 Å². The van der Waals surface area contributed by atoms with Crippen LogP contribution in [0, 0.1) is 0 Å². The molecule has 0 radical (unpaired) electrons. The SMILES string of the molecule is CC(C)(C)OC(=O)NCCOCCOCCn1cc(C(C)(C)C)nn1. The minimum atomic E-state index is -0.490. The molecule has 0 saturated carbocycles. The van der Waals surface area contributed by atoms with E-state index < -0.39 is 11.7 Å². The van der Waals surface area contributed by atoms with Gasteiger partial charge in [0.25, 0.3) is 0 Å². The third-order valence-electron chi connectivity index (χ3n) is 3.06. The van der Waals surface area contributed by atoms with Crippen LogP contribution in [0.4, 0.5) is 4.79 Å². The molecule has 1 amide bonds. The number of carbonyl (C=O) groups excluding carboxylic acids is 1. The van der Waals surface area contributed by atoms with Crippen molar-refractivity contribution in [3.63, 3.8) is 0 Å². The fraction of sp³-hybridized carbons (Fsp3) is 0.824. The number of nitrogens with one attached hydrogen (secondary N) is 1. The second-order valence-corrected chi connectivity index (χ2v) is 7.77. The Morgan fingerprint density at radius 2 is 1.72 bits per heavy atom. The van der Waals surface area contributed by atoms with Crippen LogP contribution in [-0.2, 0) is 26.2 Å². The van der Waals surface area contributed by atoms with Gasteiger partial charge < -0.3 is 19.5 Å². The van der Waals surface area contributed by atoms with Gasteiger partial charge in [0.1, 0.15) is 5.60 Å². The monoisotopic (exact) mass is 356 g/mol. The number of hydrogen-bond acceptors (Lipinski definition) is 6. The summed E-state index contributed by atoms with van der Waals surface area (Å²) in [6.07, 6.45) is 1.51. The molecular weight excluding hydrogens is 324 g/mol. The van der Waals surface area contributed by atoms with Gasteiger partial charge in [-0.3, -0.25) is 0 Å². The third kappa shape index (κ3) is 10.0. The standard InChI is InChI=1S/C17H32N4O4/c1-16(2,3)14-13-21(20-19-14)8-10-24-12-11-23-9-7-18-15(22)25-17(4,5)6/h13H,7-12H2,1-6H3,(H,18,22). The first-order valence-electron chi connectivity index (χ1n) is 8.61. The van der Waals surface area contributed by atoms with Gasteiger partial charge in [-0.15, -0.1) is 5.10 Å². The van der Waals surface area contributed by atoms with Crippen LogP contribution in [0.1, 0.15) is 47.2 Å². The lowest BCUT2D eigenvalue weighted by atomic mass is 9.93. The van der Waals surface area contributed by atoms with Crippen molar-refractivity contribution in [3.05, 3.63) is 11.9 Å². The number of rotatable bonds is 9. The van der Waals surface area contributed by atoms with E-state index in [1.165, 1.54) is 0 Å². The van der Waals surface area contributed by atoms with E-state index in [-0.39, 0.29) is 5.41 Å². The Hall–Kier alpha value is -1.67. The molecule has 1 N–H and O–H groups in total. The Morgan fingerprint density at radius 3 is 2.28 bits per heavy atom. The molecule has 0 unspecified atom stereocenters. The highest BCUT2D eigenvalue weighted by molar-refractivity contribution is 5.67. The lowest BCUT2D eigenvalue weighted by Crippen LogP contribution is -2.34. The van der Waals surface area contributed by atoms with Crippen LogP contribution in [-0.4, -0.2) is 59.7 Å². The molecule has 8 heteroatoms. The zero-order valence-electron chi connectivity index (χ0n) is 16.3. The van der Waals surface area contributed by atoms with Crippen LogP contribution >= 0.6 is 0 Å². The van der Waals surface area contributed by atoms with Crippen LogP contribution in [0.15, 0.2) is 6.20 Å². The van der Waals surface area contributed by atoms with Crippen molar-refractivity contribution in [3.8, 4) is 0 Å². The highest BCUT2D eigenvalue weighted by atomic mass is 16.6. The van der Waals surface area contributed by atoms with Gasteiger partial charge in [0.2, 0.25) is 0 Å². The molecule has 1 rings (SSSR count). The van der Waals surface area contributed by atoms with Crippen molar-refractivity contribution in [2.75, 3.05) is 33.0 Å². The predicted molar refractivity (Wildman–Crippen MR) is 94.6 cm³/mol. The van der Waals surface area contributed by atoms with E-state index in [0.717, 1.165) is 5.69 Å². The molecule has 0 aliphatic rings. The number of carbonyl (C=O) groups is 1. The summed E-state index contributed by atoms with van der Waals surface area (Å²) in [5.41, 5.74) is 0.477. The van der Waals surface area contributed by atoms with Gasteiger partial charge in [0.15, 0.2) is 0 Å². The normalized spacial score (nSPS) is 12.2. The first-order chi connectivity index (χ1) is 11.6. The zero-order valence-corrected chi connectivity index (χ0v) is 16.3. The quantitative estimate of drug-likeness (QED) is 0.682. The van der Waals surface area contributed by atoms with Crippen molar-refractivity contribution in [2.45, 2.75) is 59.1 Å². The maximum absolute atomic E-state index is 11.4. The first kappa shape index (κ1) is 21.4. The van der Waals surface area contributed by atoms with Gasteiger partial charge in [-0.2, -0.15) is 0 Å². The van der Waals surface area contributed by atoms with E-state index in [9.17, 15) is 4.79 Å². The summed E-state index contributed by atoms with van der Waals surface area (Å²) in [6, 6.07) is 0. The molecule has 0 saturated heterocycles. The minimum Gasteiger partial charge on any atom is -0.444 e. The number of aromatic nitrogens is 3.